The number of hydrogen-bond donors (Lipinski definition) is 1. The summed E-state index contributed by atoms with van der Waals surface area (Å²) in [5.74, 6) is 0.386. The highest BCUT2D eigenvalue weighted by molar-refractivity contribution is 5.85. The van der Waals surface area contributed by atoms with E-state index in [4.69, 9.17) is 0 Å². The highest BCUT2D eigenvalue weighted by Gasteiger charge is 2.06. The number of nitrogens with zero attached hydrogens (tertiary/aromatic N) is 1. The summed E-state index contributed by atoms with van der Waals surface area (Å²) < 4.78 is 0. The van der Waals surface area contributed by atoms with Gasteiger partial charge in [0.1, 0.15) is 0 Å². The van der Waals surface area contributed by atoms with Crippen molar-refractivity contribution in [2.24, 2.45) is 11.0 Å². The Balaban J connectivity index is 4.04. The zero-order chi connectivity index (χ0) is 9.56. The first kappa shape index (κ1) is 11.1. The second kappa shape index (κ2) is 5.75. The summed E-state index contributed by atoms with van der Waals surface area (Å²) >= 11 is 0. The fourth-order valence-corrected chi connectivity index (χ4v) is 1.14. The normalized spacial score (nSPS) is 11.9. The lowest BCUT2D eigenvalue weighted by molar-refractivity contribution is -0.118. The molecule has 0 aromatic heterocycles. The molecule has 0 unspecified atom stereocenters. The predicted molar refractivity (Wildman–Crippen MR) is 51.0 cm³/mol. The van der Waals surface area contributed by atoms with Gasteiger partial charge in [0.25, 0.3) is 0 Å². The fraction of sp³-hybridized carbons (Fsp3) is 0.778. The molecule has 0 bridgehead atoms. The topological polar surface area (TPSA) is 41.5 Å². The minimum Gasteiger partial charge on any atom is -0.274 e. The summed E-state index contributed by atoms with van der Waals surface area (Å²) in [4.78, 5) is 10.5. The van der Waals surface area contributed by atoms with Crippen LogP contribution in [-0.4, -0.2) is 11.6 Å². The second-order valence-corrected chi connectivity index (χ2v) is 2.93. The van der Waals surface area contributed by atoms with Crippen molar-refractivity contribution >= 4 is 11.6 Å². The Kier molecular flexibility index (Phi) is 5.34. The SMILES string of the molecule is CCC(CC)/C(C)=N\NC(C)=O. The molecule has 0 saturated heterocycles. The standard InChI is InChI=1S/C9H18N2O/c1-5-9(6-2)7(3)10-11-8(4)12/h9H,5-6H2,1-4H3,(H,11,12)/b10-7-. The monoisotopic (exact) mass is 170 g/mol. The number of hydrazone groups is 1. The number of carbonyl (C=O) groups excluding carboxylic acids is 1. The quantitative estimate of drug-likeness (QED) is 0.508. The molecule has 1 N–H and O–H groups in total. The molecule has 1 amide bonds. The molecule has 12 heavy (non-hydrogen) atoms. The van der Waals surface area contributed by atoms with Gasteiger partial charge < -0.3 is 0 Å². The third-order valence-electron chi connectivity index (χ3n) is 1.97. The Morgan fingerprint density at radius 3 is 2.17 bits per heavy atom. The van der Waals surface area contributed by atoms with E-state index in [9.17, 15) is 4.79 Å². The van der Waals surface area contributed by atoms with E-state index in [2.05, 4.69) is 24.4 Å². The van der Waals surface area contributed by atoms with Crippen molar-refractivity contribution in [3.8, 4) is 0 Å². The average molecular weight is 170 g/mol. The van der Waals surface area contributed by atoms with Gasteiger partial charge in [-0.15, -0.1) is 0 Å². The van der Waals surface area contributed by atoms with Crippen LogP contribution in [0.1, 0.15) is 40.5 Å². The summed E-state index contributed by atoms with van der Waals surface area (Å²) in [6.45, 7) is 7.67. The fourth-order valence-electron chi connectivity index (χ4n) is 1.14. The van der Waals surface area contributed by atoms with Crippen LogP contribution in [0.5, 0.6) is 0 Å². The lowest BCUT2D eigenvalue weighted by Crippen LogP contribution is -2.18. The van der Waals surface area contributed by atoms with Gasteiger partial charge in [0, 0.05) is 12.6 Å². The van der Waals surface area contributed by atoms with E-state index in [1.165, 1.54) is 6.92 Å². The third kappa shape index (κ3) is 4.11. The van der Waals surface area contributed by atoms with E-state index in [0.717, 1.165) is 18.6 Å². The highest BCUT2D eigenvalue weighted by atomic mass is 16.2. The molecular weight excluding hydrogens is 152 g/mol. The van der Waals surface area contributed by atoms with E-state index in [0.29, 0.717) is 5.92 Å². The van der Waals surface area contributed by atoms with Crippen molar-refractivity contribution in [2.75, 3.05) is 0 Å². The third-order valence-corrected chi connectivity index (χ3v) is 1.97. The molecule has 0 fully saturated rings. The molecule has 0 atom stereocenters. The Hall–Kier alpha value is -0.860. The van der Waals surface area contributed by atoms with E-state index >= 15 is 0 Å². The first-order valence-electron chi connectivity index (χ1n) is 4.42. The Labute approximate surface area is 74.2 Å². The molecular formula is C9H18N2O. The van der Waals surface area contributed by atoms with E-state index in [-0.39, 0.29) is 5.91 Å². The van der Waals surface area contributed by atoms with E-state index in [1.54, 1.807) is 0 Å². The first-order valence-corrected chi connectivity index (χ1v) is 4.42. The zero-order valence-electron chi connectivity index (χ0n) is 8.35. The van der Waals surface area contributed by atoms with Gasteiger partial charge in [-0.25, -0.2) is 5.43 Å². The minimum absolute atomic E-state index is 0.111. The van der Waals surface area contributed by atoms with Crippen LogP contribution in [0, 0.1) is 5.92 Å². The smallest absolute Gasteiger partial charge is 0.236 e. The highest BCUT2D eigenvalue weighted by Crippen LogP contribution is 2.08. The molecule has 0 saturated carbocycles. The first-order chi connectivity index (χ1) is 5.61. The Morgan fingerprint density at radius 1 is 1.33 bits per heavy atom. The van der Waals surface area contributed by atoms with Gasteiger partial charge in [-0.3, -0.25) is 4.79 Å². The van der Waals surface area contributed by atoms with Crippen molar-refractivity contribution in [1.29, 1.82) is 0 Å². The Morgan fingerprint density at radius 2 is 1.83 bits per heavy atom. The maximum Gasteiger partial charge on any atom is 0.236 e. The molecule has 0 aromatic carbocycles. The number of amides is 1. The zero-order valence-corrected chi connectivity index (χ0v) is 8.35. The van der Waals surface area contributed by atoms with Gasteiger partial charge in [-0.2, -0.15) is 5.10 Å². The summed E-state index contributed by atoms with van der Waals surface area (Å²) in [6, 6.07) is 0. The lowest BCUT2D eigenvalue weighted by atomic mass is 9.99. The summed E-state index contributed by atoms with van der Waals surface area (Å²) in [6.07, 6.45) is 2.15. The summed E-state index contributed by atoms with van der Waals surface area (Å²) in [5, 5.41) is 3.98. The predicted octanol–water partition coefficient (Wildman–Crippen LogP) is 1.93. The van der Waals surface area contributed by atoms with E-state index < -0.39 is 0 Å². The number of nitrogens with one attached hydrogen (secondary N) is 1. The van der Waals surface area contributed by atoms with Gasteiger partial charge in [0.2, 0.25) is 5.91 Å². The summed E-state index contributed by atoms with van der Waals surface area (Å²) in [5.41, 5.74) is 3.45. The molecule has 0 spiro atoms. The lowest BCUT2D eigenvalue weighted by Gasteiger charge is -2.10. The molecule has 0 aliphatic rings. The second-order valence-electron chi connectivity index (χ2n) is 2.93. The van der Waals surface area contributed by atoms with Crippen molar-refractivity contribution in [3.05, 3.63) is 0 Å². The van der Waals surface area contributed by atoms with Crippen LogP contribution in [0.25, 0.3) is 0 Å². The van der Waals surface area contributed by atoms with Crippen LogP contribution in [0.2, 0.25) is 0 Å². The molecule has 70 valence electrons. The molecule has 3 nitrogen and oxygen atoms in total. The molecule has 0 heterocycles. The number of rotatable bonds is 4. The van der Waals surface area contributed by atoms with Gasteiger partial charge >= 0.3 is 0 Å². The van der Waals surface area contributed by atoms with Gasteiger partial charge in [0.05, 0.1) is 0 Å². The average Bonchev–Trinajstić information content (AvgIpc) is 2.03. The Bertz CT molecular complexity index is 171. The molecule has 0 aliphatic heterocycles. The van der Waals surface area contributed by atoms with Crippen molar-refractivity contribution in [3.63, 3.8) is 0 Å². The van der Waals surface area contributed by atoms with Crippen LogP contribution < -0.4 is 5.43 Å². The molecule has 0 rings (SSSR count). The largest absolute Gasteiger partial charge is 0.274 e. The van der Waals surface area contributed by atoms with Crippen molar-refractivity contribution < 1.29 is 4.79 Å². The summed E-state index contributed by atoms with van der Waals surface area (Å²) in [7, 11) is 0. The molecule has 0 radical (unpaired) electrons. The number of hydrogen-bond acceptors (Lipinski definition) is 2. The van der Waals surface area contributed by atoms with Crippen LogP contribution in [0.4, 0.5) is 0 Å². The van der Waals surface area contributed by atoms with Crippen LogP contribution in [0.15, 0.2) is 5.10 Å². The molecule has 0 aromatic rings. The van der Waals surface area contributed by atoms with Crippen LogP contribution in [-0.2, 0) is 4.79 Å². The van der Waals surface area contributed by atoms with E-state index in [1.807, 2.05) is 6.92 Å². The van der Waals surface area contributed by atoms with Gasteiger partial charge in [-0.1, -0.05) is 13.8 Å². The van der Waals surface area contributed by atoms with Crippen molar-refractivity contribution in [2.45, 2.75) is 40.5 Å². The number of carbonyl (C=O) groups is 1. The molecule has 0 aliphatic carbocycles. The molecule has 3 heteroatoms. The minimum atomic E-state index is -0.111. The maximum atomic E-state index is 10.5. The van der Waals surface area contributed by atoms with Crippen LogP contribution in [0.3, 0.4) is 0 Å². The van der Waals surface area contributed by atoms with Crippen LogP contribution >= 0.6 is 0 Å². The van der Waals surface area contributed by atoms with Gasteiger partial charge in [0.15, 0.2) is 0 Å². The van der Waals surface area contributed by atoms with Gasteiger partial charge in [-0.05, 0) is 25.7 Å². The van der Waals surface area contributed by atoms with Crippen molar-refractivity contribution in [1.82, 2.24) is 5.43 Å². The maximum absolute atomic E-state index is 10.5.